The van der Waals surface area contributed by atoms with Crippen LogP contribution >= 0.6 is 11.8 Å². The molecule has 0 saturated carbocycles. The van der Waals surface area contributed by atoms with Crippen LogP contribution in [0.1, 0.15) is 49.4 Å². The molecule has 3 nitrogen and oxygen atoms in total. The molecule has 1 heterocycles. The Bertz CT molecular complexity index is 474. The maximum Gasteiger partial charge on any atom is 0.338 e. The van der Waals surface area contributed by atoms with Crippen LogP contribution < -0.4 is 4.90 Å². The number of carboxylic acid groups (broad SMARTS) is 1. The van der Waals surface area contributed by atoms with Gasteiger partial charge >= 0.3 is 5.97 Å². The normalized spacial score (nSPS) is 19.1. The molecule has 1 aliphatic rings. The molecular weight excluding hydrogens is 270 g/mol. The van der Waals surface area contributed by atoms with Crippen LogP contribution in [0, 0.1) is 0 Å². The molecular formula is C16H23NO2S. The molecule has 20 heavy (non-hydrogen) atoms. The van der Waals surface area contributed by atoms with Crippen molar-refractivity contribution in [3.63, 3.8) is 0 Å². The number of anilines is 1. The second-order valence-corrected chi connectivity index (χ2v) is 6.14. The fraction of sp³-hybridized carbons (Fsp3) is 0.562. The van der Waals surface area contributed by atoms with Crippen LogP contribution in [-0.2, 0) is 0 Å². The largest absolute Gasteiger partial charge is 0.478 e. The Morgan fingerprint density at radius 3 is 2.90 bits per heavy atom. The van der Waals surface area contributed by atoms with Crippen molar-refractivity contribution in [2.24, 2.45) is 0 Å². The molecule has 0 spiro atoms. The zero-order chi connectivity index (χ0) is 14.5. The molecule has 0 bridgehead atoms. The summed E-state index contributed by atoms with van der Waals surface area (Å²) in [6.07, 6.45) is 7.81. The van der Waals surface area contributed by atoms with Gasteiger partial charge in [-0.3, -0.25) is 0 Å². The third-order valence-electron chi connectivity index (χ3n) is 4.00. The molecule has 0 amide bonds. The first kappa shape index (κ1) is 15.2. The van der Waals surface area contributed by atoms with E-state index < -0.39 is 5.97 Å². The minimum absolute atomic E-state index is 0.475. The van der Waals surface area contributed by atoms with Gasteiger partial charge in [-0.25, -0.2) is 4.79 Å². The molecule has 4 heteroatoms. The van der Waals surface area contributed by atoms with Crippen molar-refractivity contribution >= 4 is 23.4 Å². The number of hydrogen-bond acceptors (Lipinski definition) is 3. The first-order valence-corrected chi connectivity index (χ1v) is 8.58. The van der Waals surface area contributed by atoms with E-state index in [-0.39, 0.29) is 0 Å². The quantitative estimate of drug-likeness (QED) is 0.823. The SMILES string of the molecule is CCCC1CCCCN1c1cccc(SC)c1C(=O)O. The van der Waals surface area contributed by atoms with Gasteiger partial charge in [-0.1, -0.05) is 19.4 Å². The average molecular weight is 293 g/mol. The van der Waals surface area contributed by atoms with Crippen molar-refractivity contribution < 1.29 is 9.90 Å². The molecule has 1 unspecified atom stereocenters. The predicted molar refractivity (Wildman–Crippen MR) is 85.1 cm³/mol. The van der Waals surface area contributed by atoms with Gasteiger partial charge in [0.05, 0.1) is 11.3 Å². The van der Waals surface area contributed by atoms with Gasteiger partial charge in [-0.2, -0.15) is 0 Å². The summed E-state index contributed by atoms with van der Waals surface area (Å²) in [6.45, 7) is 3.17. The van der Waals surface area contributed by atoms with Crippen molar-refractivity contribution in [3.8, 4) is 0 Å². The van der Waals surface area contributed by atoms with Crippen molar-refractivity contribution in [1.82, 2.24) is 0 Å². The van der Waals surface area contributed by atoms with E-state index in [1.54, 1.807) is 0 Å². The van der Waals surface area contributed by atoms with E-state index in [0.717, 1.165) is 36.4 Å². The highest BCUT2D eigenvalue weighted by atomic mass is 32.2. The summed E-state index contributed by atoms with van der Waals surface area (Å²) in [5.74, 6) is -0.814. The zero-order valence-corrected chi connectivity index (χ0v) is 13.1. The van der Waals surface area contributed by atoms with E-state index >= 15 is 0 Å². The van der Waals surface area contributed by atoms with Crippen LogP contribution in [0.3, 0.4) is 0 Å². The predicted octanol–water partition coefficient (Wildman–Crippen LogP) is 4.27. The van der Waals surface area contributed by atoms with Gasteiger partial charge in [-0.15, -0.1) is 11.8 Å². The van der Waals surface area contributed by atoms with E-state index in [2.05, 4.69) is 11.8 Å². The van der Waals surface area contributed by atoms with Gasteiger partial charge in [0, 0.05) is 17.5 Å². The van der Waals surface area contributed by atoms with Gasteiger partial charge in [0.15, 0.2) is 0 Å². The fourth-order valence-corrected chi connectivity index (χ4v) is 3.71. The third kappa shape index (κ3) is 3.11. The minimum Gasteiger partial charge on any atom is -0.478 e. The van der Waals surface area contributed by atoms with Crippen LogP contribution in [-0.4, -0.2) is 29.9 Å². The number of hydrogen-bond donors (Lipinski definition) is 1. The molecule has 110 valence electrons. The highest BCUT2D eigenvalue weighted by Gasteiger charge is 2.26. The molecule has 1 N–H and O–H groups in total. The fourth-order valence-electron chi connectivity index (χ4n) is 3.10. The second-order valence-electron chi connectivity index (χ2n) is 5.29. The highest BCUT2D eigenvalue weighted by molar-refractivity contribution is 7.98. The monoisotopic (exact) mass is 293 g/mol. The van der Waals surface area contributed by atoms with E-state index in [1.165, 1.54) is 24.6 Å². The number of thioether (sulfide) groups is 1. The molecule has 1 saturated heterocycles. The molecule has 1 fully saturated rings. The van der Waals surface area contributed by atoms with Crippen LogP contribution in [0.15, 0.2) is 23.1 Å². The van der Waals surface area contributed by atoms with Gasteiger partial charge in [0.25, 0.3) is 0 Å². The summed E-state index contributed by atoms with van der Waals surface area (Å²) in [7, 11) is 0. The number of aromatic carboxylic acids is 1. The maximum atomic E-state index is 11.7. The first-order valence-electron chi connectivity index (χ1n) is 7.36. The van der Waals surface area contributed by atoms with E-state index in [0.29, 0.717) is 11.6 Å². The Kier molecular flexibility index (Phi) is 5.35. The first-order chi connectivity index (χ1) is 9.69. The summed E-state index contributed by atoms with van der Waals surface area (Å²) in [5.41, 5.74) is 1.38. The summed E-state index contributed by atoms with van der Waals surface area (Å²) >= 11 is 1.51. The molecule has 0 aliphatic carbocycles. The molecule has 0 radical (unpaired) electrons. The van der Waals surface area contributed by atoms with Crippen molar-refractivity contribution in [3.05, 3.63) is 23.8 Å². The second kappa shape index (κ2) is 7.02. The van der Waals surface area contributed by atoms with Crippen LogP contribution in [0.5, 0.6) is 0 Å². The lowest BCUT2D eigenvalue weighted by Gasteiger charge is -2.38. The number of rotatable bonds is 5. The average Bonchev–Trinajstić information content (AvgIpc) is 2.47. The Hall–Kier alpha value is -1.16. The molecule has 1 aliphatic heterocycles. The van der Waals surface area contributed by atoms with Crippen LogP contribution in [0.4, 0.5) is 5.69 Å². The lowest BCUT2D eigenvalue weighted by atomic mass is 9.96. The maximum absolute atomic E-state index is 11.7. The zero-order valence-electron chi connectivity index (χ0n) is 12.3. The number of carbonyl (C=O) groups is 1. The number of carboxylic acids is 1. The number of benzene rings is 1. The van der Waals surface area contributed by atoms with Gasteiger partial charge in [-0.05, 0) is 44.1 Å². The number of piperidine rings is 1. The van der Waals surface area contributed by atoms with Gasteiger partial charge < -0.3 is 10.0 Å². The number of nitrogens with zero attached hydrogens (tertiary/aromatic N) is 1. The summed E-state index contributed by atoms with van der Waals surface area (Å²) in [4.78, 5) is 14.9. The molecule has 2 rings (SSSR count). The molecule has 0 aromatic heterocycles. The Balaban J connectivity index is 2.41. The van der Waals surface area contributed by atoms with Crippen molar-refractivity contribution in [2.45, 2.75) is 50.0 Å². The van der Waals surface area contributed by atoms with Crippen LogP contribution in [0.25, 0.3) is 0 Å². The highest BCUT2D eigenvalue weighted by Crippen LogP contribution is 2.34. The summed E-state index contributed by atoms with van der Waals surface area (Å²) in [5, 5.41) is 9.58. The Morgan fingerprint density at radius 1 is 1.45 bits per heavy atom. The van der Waals surface area contributed by atoms with E-state index in [9.17, 15) is 9.90 Å². The lowest BCUT2D eigenvalue weighted by Crippen LogP contribution is -2.40. The van der Waals surface area contributed by atoms with Crippen molar-refractivity contribution in [2.75, 3.05) is 17.7 Å². The Labute approximate surface area is 125 Å². The third-order valence-corrected chi connectivity index (χ3v) is 4.78. The topological polar surface area (TPSA) is 40.5 Å². The van der Waals surface area contributed by atoms with Crippen LogP contribution in [0.2, 0.25) is 0 Å². The standard InChI is InChI=1S/C16H23NO2S/c1-3-7-12-8-4-5-11-17(12)13-9-6-10-14(20-2)15(13)16(18)19/h6,9-10,12H,3-5,7-8,11H2,1-2H3,(H,18,19). The molecule has 1 atom stereocenters. The van der Waals surface area contributed by atoms with Crippen molar-refractivity contribution in [1.29, 1.82) is 0 Å². The van der Waals surface area contributed by atoms with E-state index in [1.807, 2.05) is 24.5 Å². The summed E-state index contributed by atoms with van der Waals surface area (Å²) in [6, 6.07) is 6.34. The molecule has 1 aromatic carbocycles. The smallest absolute Gasteiger partial charge is 0.338 e. The Morgan fingerprint density at radius 2 is 2.25 bits per heavy atom. The van der Waals surface area contributed by atoms with Gasteiger partial charge in [0.1, 0.15) is 0 Å². The lowest BCUT2D eigenvalue weighted by molar-refractivity contribution is 0.0693. The minimum atomic E-state index is -0.814. The van der Waals surface area contributed by atoms with E-state index in [4.69, 9.17) is 0 Å². The molecule has 1 aromatic rings. The van der Waals surface area contributed by atoms with Gasteiger partial charge in [0.2, 0.25) is 0 Å². The summed E-state index contributed by atoms with van der Waals surface area (Å²) < 4.78 is 0.